The van der Waals surface area contributed by atoms with Crippen LogP contribution in [0.1, 0.15) is 31.5 Å². The fourth-order valence-electron chi connectivity index (χ4n) is 3.13. The molecule has 9 nitrogen and oxygen atoms in total. The number of rotatable bonds is 11. The number of imidazole rings is 1. The maximum Gasteiger partial charge on any atom is 0.407 e. The normalized spacial score (nSPS) is 14.8. The Morgan fingerprint density at radius 1 is 1.34 bits per heavy atom. The molecule has 3 rings (SSSR count). The molecule has 32 heavy (non-hydrogen) atoms. The SMILES string of the molecule is COC(=O)N[C@@H](C)CNc1nccc(-c2c(Br)nc(C3CC3)n2COCC[Si](C)(C)C)n1. The van der Waals surface area contributed by atoms with E-state index in [1.165, 1.54) is 7.11 Å². The zero-order valence-electron chi connectivity index (χ0n) is 19.4. The Morgan fingerprint density at radius 2 is 2.09 bits per heavy atom. The summed E-state index contributed by atoms with van der Waals surface area (Å²) in [6.45, 7) is 10.6. The van der Waals surface area contributed by atoms with Gasteiger partial charge in [-0.3, -0.25) is 0 Å². The van der Waals surface area contributed by atoms with E-state index in [0.29, 0.717) is 25.1 Å². The van der Waals surface area contributed by atoms with Crippen molar-refractivity contribution in [3.05, 3.63) is 22.7 Å². The molecule has 0 spiro atoms. The van der Waals surface area contributed by atoms with Crippen LogP contribution in [-0.4, -0.2) is 60.0 Å². The summed E-state index contributed by atoms with van der Waals surface area (Å²) in [4.78, 5) is 25.1. The minimum atomic E-state index is -1.15. The van der Waals surface area contributed by atoms with E-state index in [9.17, 15) is 4.79 Å². The second-order valence-electron chi connectivity index (χ2n) is 9.34. The van der Waals surface area contributed by atoms with Gasteiger partial charge in [-0.2, -0.15) is 0 Å². The van der Waals surface area contributed by atoms with Gasteiger partial charge in [-0.05, 0) is 47.8 Å². The van der Waals surface area contributed by atoms with Gasteiger partial charge in [0.25, 0.3) is 0 Å². The third-order valence-electron chi connectivity index (χ3n) is 5.13. The summed E-state index contributed by atoms with van der Waals surface area (Å²) in [5.74, 6) is 2.00. The Balaban J connectivity index is 1.75. The summed E-state index contributed by atoms with van der Waals surface area (Å²) in [5, 5.41) is 5.88. The number of amides is 1. The summed E-state index contributed by atoms with van der Waals surface area (Å²) in [5.41, 5.74) is 1.65. The Bertz CT molecular complexity index is 929. The monoisotopic (exact) mass is 524 g/mol. The predicted octanol–water partition coefficient (Wildman–Crippen LogP) is 4.45. The van der Waals surface area contributed by atoms with Crippen molar-refractivity contribution in [3.63, 3.8) is 0 Å². The Morgan fingerprint density at radius 3 is 2.75 bits per heavy atom. The van der Waals surface area contributed by atoms with Crippen LogP contribution >= 0.6 is 15.9 Å². The number of carbonyl (C=O) groups is 1. The van der Waals surface area contributed by atoms with Crippen LogP contribution in [0.3, 0.4) is 0 Å². The summed E-state index contributed by atoms with van der Waals surface area (Å²) < 4.78 is 13.6. The van der Waals surface area contributed by atoms with E-state index in [1.807, 2.05) is 13.0 Å². The summed E-state index contributed by atoms with van der Waals surface area (Å²) in [7, 11) is 0.189. The smallest absolute Gasteiger partial charge is 0.407 e. The molecule has 2 aromatic rings. The maximum absolute atomic E-state index is 11.4. The molecule has 0 aromatic carbocycles. The van der Waals surface area contributed by atoms with Crippen molar-refractivity contribution in [3.8, 4) is 11.4 Å². The van der Waals surface area contributed by atoms with E-state index >= 15 is 0 Å². The van der Waals surface area contributed by atoms with Crippen molar-refractivity contribution < 1.29 is 14.3 Å². The Hall–Kier alpha value is -1.98. The lowest BCUT2D eigenvalue weighted by molar-refractivity contribution is 0.0861. The topological polar surface area (TPSA) is 103 Å². The molecule has 176 valence electrons. The minimum Gasteiger partial charge on any atom is -0.453 e. The Kier molecular flexibility index (Phi) is 8.29. The van der Waals surface area contributed by atoms with Crippen molar-refractivity contribution >= 4 is 36.0 Å². The highest BCUT2D eigenvalue weighted by atomic mass is 79.9. The number of nitrogens with zero attached hydrogens (tertiary/aromatic N) is 4. The van der Waals surface area contributed by atoms with Gasteiger partial charge in [0, 0.05) is 39.4 Å². The lowest BCUT2D eigenvalue weighted by atomic mass is 10.3. The highest BCUT2D eigenvalue weighted by Gasteiger charge is 2.31. The van der Waals surface area contributed by atoms with Gasteiger partial charge >= 0.3 is 6.09 Å². The number of nitrogens with one attached hydrogen (secondary N) is 2. The van der Waals surface area contributed by atoms with Gasteiger partial charge in [0.1, 0.15) is 22.9 Å². The van der Waals surface area contributed by atoms with Crippen LogP contribution in [0, 0.1) is 0 Å². The first-order chi connectivity index (χ1) is 15.2. The lowest BCUT2D eigenvalue weighted by Gasteiger charge is -2.17. The van der Waals surface area contributed by atoms with Crippen LogP contribution in [0.4, 0.5) is 10.7 Å². The van der Waals surface area contributed by atoms with E-state index < -0.39 is 14.2 Å². The van der Waals surface area contributed by atoms with Gasteiger partial charge in [-0.15, -0.1) is 0 Å². The number of ether oxygens (including phenoxy) is 2. The van der Waals surface area contributed by atoms with Gasteiger partial charge in [0.2, 0.25) is 5.95 Å². The molecule has 2 aromatic heterocycles. The number of hydrogen-bond donors (Lipinski definition) is 2. The molecule has 2 heterocycles. The molecule has 1 aliphatic carbocycles. The zero-order valence-corrected chi connectivity index (χ0v) is 22.0. The second kappa shape index (κ2) is 10.8. The van der Waals surface area contributed by atoms with Crippen molar-refractivity contribution in [1.82, 2.24) is 24.8 Å². The molecule has 1 aliphatic rings. The lowest BCUT2D eigenvalue weighted by Crippen LogP contribution is -2.37. The van der Waals surface area contributed by atoms with Crippen molar-refractivity contribution in [2.24, 2.45) is 0 Å². The average Bonchev–Trinajstić information content (AvgIpc) is 3.52. The molecule has 0 radical (unpaired) electrons. The number of anilines is 1. The molecule has 0 unspecified atom stereocenters. The average molecular weight is 526 g/mol. The van der Waals surface area contributed by atoms with Crippen LogP contribution in [-0.2, 0) is 16.2 Å². The predicted molar refractivity (Wildman–Crippen MR) is 131 cm³/mol. The van der Waals surface area contributed by atoms with E-state index in [-0.39, 0.29) is 6.04 Å². The molecule has 0 aliphatic heterocycles. The number of halogens is 1. The number of hydrogen-bond acceptors (Lipinski definition) is 7. The third-order valence-corrected chi connectivity index (χ3v) is 7.39. The van der Waals surface area contributed by atoms with Gasteiger partial charge in [-0.25, -0.2) is 19.7 Å². The summed E-state index contributed by atoms with van der Waals surface area (Å²) in [6.07, 6.45) is 3.55. The standard InChI is InChI=1S/C21H33BrN6O3Si/c1-14(25-21(29)30-2)12-24-20-23-9-8-16(26-20)17-18(22)27-19(15-6-7-15)28(17)13-31-10-11-32(3,4)5/h8-9,14-15H,6-7,10-13H2,1-5H3,(H,25,29)(H,23,24,26)/t14-/m0/s1. The highest BCUT2D eigenvalue weighted by molar-refractivity contribution is 9.10. The molecule has 1 saturated carbocycles. The summed E-state index contributed by atoms with van der Waals surface area (Å²) in [6, 6.07) is 2.85. The number of aromatic nitrogens is 4. The van der Waals surface area contributed by atoms with Crippen LogP contribution < -0.4 is 10.6 Å². The first-order valence-electron chi connectivity index (χ1n) is 10.9. The highest BCUT2D eigenvalue weighted by Crippen LogP contribution is 2.42. The Labute approximate surface area is 198 Å². The fourth-order valence-corrected chi connectivity index (χ4v) is 4.49. The van der Waals surface area contributed by atoms with Crippen LogP contribution in [0.2, 0.25) is 25.7 Å². The first kappa shape index (κ1) is 24.7. The van der Waals surface area contributed by atoms with E-state index in [0.717, 1.165) is 47.3 Å². The molecule has 1 fully saturated rings. The number of methoxy groups -OCH3 is 1. The molecule has 11 heteroatoms. The molecule has 0 bridgehead atoms. The zero-order chi connectivity index (χ0) is 23.3. The number of carbonyl (C=O) groups excluding carboxylic acids is 1. The maximum atomic E-state index is 11.4. The quantitative estimate of drug-likeness (QED) is 0.330. The van der Waals surface area contributed by atoms with Crippen LogP contribution in [0.5, 0.6) is 0 Å². The van der Waals surface area contributed by atoms with Gasteiger partial charge in [0.05, 0.1) is 12.8 Å². The molecule has 0 saturated heterocycles. The molecular weight excluding hydrogens is 492 g/mol. The molecule has 2 N–H and O–H groups in total. The molecule has 1 atom stereocenters. The second-order valence-corrected chi connectivity index (χ2v) is 15.7. The van der Waals surface area contributed by atoms with E-state index in [1.54, 1.807) is 6.20 Å². The largest absolute Gasteiger partial charge is 0.453 e. The van der Waals surface area contributed by atoms with Crippen LogP contribution in [0.25, 0.3) is 11.4 Å². The molecular formula is C21H33BrN6O3Si. The molecule has 1 amide bonds. The fraction of sp³-hybridized carbons (Fsp3) is 0.619. The minimum absolute atomic E-state index is 0.145. The van der Waals surface area contributed by atoms with E-state index in [4.69, 9.17) is 14.7 Å². The van der Waals surface area contributed by atoms with Gasteiger partial charge < -0.3 is 24.7 Å². The first-order valence-corrected chi connectivity index (χ1v) is 15.4. The van der Waals surface area contributed by atoms with Crippen LogP contribution in [0.15, 0.2) is 16.9 Å². The van der Waals surface area contributed by atoms with E-state index in [2.05, 4.69) is 60.5 Å². The number of alkyl carbamates (subject to hydrolysis) is 1. The van der Waals surface area contributed by atoms with Crippen molar-refractivity contribution in [1.29, 1.82) is 0 Å². The van der Waals surface area contributed by atoms with Gasteiger partial charge in [-0.1, -0.05) is 19.6 Å². The summed E-state index contributed by atoms with van der Waals surface area (Å²) >= 11 is 3.64. The van der Waals surface area contributed by atoms with Gasteiger partial charge in [0.15, 0.2) is 0 Å². The third kappa shape index (κ3) is 7.01. The van der Waals surface area contributed by atoms with Crippen molar-refractivity contribution in [2.75, 3.05) is 25.6 Å². The van der Waals surface area contributed by atoms with Crippen molar-refractivity contribution in [2.45, 2.75) is 64.1 Å².